The Kier molecular flexibility index (Phi) is 8.17. The Labute approximate surface area is 210 Å². The maximum absolute atomic E-state index is 13.5. The summed E-state index contributed by atoms with van der Waals surface area (Å²) in [5.41, 5.74) is 1.45. The number of anilines is 2. The summed E-state index contributed by atoms with van der Waals surface area (Å²) in [6, 6.07) is 14.2. The van der Waals surface area contributed by atoms with Gasteiger partial charge in [0.2, 0.25) is 5.91 Å². The van der Waals surface area contributed by atoms with Crippen molar-refractivity contribution in [2.75, 3.05) is 23.7 Å². The molecule has 1 heterocycles. The number of halogens is 2. The van der Waals surface area contributed by atoms with Crippen LogP contribution in [0.3, 0.4) is 0 Å². The molecule has 0 saturated carbocycles. The fourth-order valence-corrected chi connectivity index (χ4v) is 3.64. The molecule has 0 spiro atoms. The van der Waals surface area contributed by atoms with Gasteiger partial charge in [0.1, 0.15) is 18.2 Å². The average molecular weight is 500 g/mol. The Morgan fingerprint density at radius 3 is 2.43 bits per heavy atom. The molecule has 3 aromatic rings. The van der Waals surface area contributed by atoms with E-state index in [1.807, 2.05) is 52.8 Å². The first kappa shape index (κ1) is 26.2. The van der Waals surface area contributed by atoms with Crippen molar-refractivity contribution in [1.29, 1.82) is 0 Å². The Hall–Kier alpha value is -3.39. The number of para-hydroxylation sites is 1. The van der Waals surface area contributed by atoms with Crippen LogP contribution in [0.15, 0.2) is 54.6 Å². The molecule has 3 amide bonds. The van der Waals surface area contributed by atoms with E-state index < -0.39 is 17.8 Å². The first-order valence-electron chi connectivity index (χ1n) is 11.4. The molecule has 7 nitrogen and oxygen atoms in total. The molecule has 0 atom stereocenters. The molecular formula is C26H31ClFN5O2. The van der Waals surface area contributed by atoms with E-state index >= 15 is 0 Å². The van der Waals surface area contributed by atoms with Gasteiger partial charge in [-0.15, -0.1) is 0 Å². The van der Waals surface area contributed by atoms with Gasteiger partial charge < -0.3 is 15.5 Å². The van der Waals surface area contributed by atoms with Gasteiger partial charge >= 0.3 is 6.03 Å². The number of urea groups is 1. The summed E-state index contributed by atoms with van der Waals surface area (Å²) in [4.78, 5) is 27.4. The number of aromatic nitrogens is 2. The van der Waals surface area contributed by atoms with Gasteiger partial charge in [0, 0.05) is 23.7 Å². The predicted molar refractivity (Wildman–Crippen MR) is 138 cm³/mol. The van der Waals surface area contributed by atoms with Crippen molar-refractivity contribution in [1.82, 2.24) is 14.7 Å². The Morgan fingerprint density at radius 2 is 1.80 bits per heavy atom. The standard InChI is InChI=1S/C26H31ClFN5O2/c1-17(2)15-32(25(35)29-19-10-8-9-18(28)13-19)16-24(34)30-23-14-22(26(3,4)5)31-33(23)21-12-7-6-11-20(21)27/h6-14,17H,15-16H2,1-5H3,(H,29,35)(H,30,34). The zero-order valence-electron chi connectivity index (χ0n) is 20.6. The van der Waals surface area contributed by atoms with Crippen LogP contribution >= 0.6 is 11.6 Å². The molecule has 9 heteroatoms. The monoisotopic (exact) mass is 499 g/mol. The number of nitrogens with zero attached hydrogens (tertiary/aromatic N) is 3. The van der Waals surface area contributed by atoms with Crippen LogP contribution in [-0.2, 0) is 10.2 Å². The molecule has 0 radical (unpaired) electrons. The fourth-order valence-electron chi connectivity index (χ4n) is 3.43. The van der Waals surface area contributed by atoms with Crippen LogP contribution in [0, 0.1) is 11.7 Å². The van der Waals surface area contributed by atoms with Crippen LogP contribution in [0.1, 0.15) is 40.3 Å². The van der Waals surface area contributed by atoms with E-state index in [0.29, 0.717) is 28.8 Å². The maximum Gasteiger partial charge on any atom is 0.322 e. The number of carbonyl (C=O) groups is 2. The topological polar surface area (TPSA) is 79.3 Å². The summed E-state index contributed by atoms with van der Waals surface area (Å²) in [5, 5.41) is 10.7. The van der Waals surface area contributed by atoms with Crippen molar-refractivity contribution in [3.63, 3.8) is 0 Å². The highest BCUT2D eigenvalue weighted by Gasteiger charge is 2.24. The van der Waals surface area contributed by atoms with Gasteiger partial charge in [-0.2, -0.15) is 5.10 Å². The lowest BCUT2D eigenvalue weighted by atomic mass is 9.92. The van der Waals surface area contributed by atoms with Crippen LogP contribution in [0.5, 0.6) is 0 Å². The smallest absolute Gasteiger partial charge is 0.315 e. The molecule has 1 aromatic heterocycles. The van der Waals surface area contributed by atoms with Crippen LogP contribution in [0.25, 0.3) is 5.69 Å². The summed E-state index contributed by atoms with van der Waals surface area (Å²) in [6.45, 7) is 10.1. The van der Waals surface area contributed by atoms with E-state index in [4.69, 9.17) is 11.6 Å². The minimum absolute atomic E-state index is 0.113. The highest BCUT2D eigenvalue weighted by atomic mass is 35.5. The Morgan fingerprint density at radius 1 is 1.09 bits per heavy atom. The SMILES string of the molecule is CC(C)CN(CC(=O)Nc1cc(C(C)(C)C)nn1-c1ccccc1Cl)C(=O)Nc1cccc(F)c1. The van der Waals surface area contributed by atoms with Gasteiger partial charge in [-0.3, -0.25) is 4.79 Å². The van der Waals surface area contributed by atoms with Crippen molar-refractivity contribution < 1.29 is 14.0 Å². The van der Waals surface area contributed by atoms with E-state index in [0.717, 1.165) is 5.69 Å². The third-order valence-corrected chi connectivity index (χ3v) is 5.43. The second-order valence-electron chi connectivity index (χ2n) is 9.79. The zero-order valence-corrected chi connectivity index (χ0v) is 21.4. The van der Waals surface area contributed by atoms with Gasteiger partial charge in [-0.05, 0) is 36.2 Å². The van der Waals surface area contributed by atoms with Crippen molar-refractivity contribution in [3.05, 3.63) is 71.1 Å². The van der Waals surface area contributed by atoms with E-state index in [9.17, 15) is 14.0 Å². The highest BCUT2D eigenvalue weighted by molar-refractivity contribution is 6.32. The van der Waals surface area contributed by atoms with E-state index in [-0.39, 0.29) is 17.9 Å². The van der Waals surface area contributed by atoms with Crippen LogP contribution in [-0.4, -0.2) is 39.7 Å². The zero-order chi connectivity index (χ0) is 25.8. The average Bonchev–Trinajstić information content (AvgIpc) is 3.17. The van der Waals surface area contributed by atoms with Gasteiger partial charge in [0.05, 0.1) is 16.4 Å². The van der Waals surface area contributed by atoms with Crippen LogP contribution < -0.4 is 10.6 Å². The molecule has 35 heavy (non-hydrogen) atoms. The van der Waals surface area contributed by atoms with Crippen molar-refractivity contribution in [3.8, 4) is 5.69 Å². The number of nitrogens with one attached hydrogen (secondary N) is 2. The number of hydrogen-bond acceptors (Lipinski definition) is 3. The maximum atomic E-state index is 13.5. The van der Waals surface area contributed by atoms with Crippen LogP contribution in [0.4, 0.5) is 20.7 Å². The molecule has 0 bridgehead atoms. The van der Waals surface area contributed by atoms with Gasteiger partial charge in [-0.1, -0.05) is 64.4 Å². The lowest BCUT2D eigenvalue weighted by molar-refractivity contribution is -0.116. The molecule has 0 aliphatic heterocycles. The van der Waals surface area contributed by atoms with E-state index in [1.165, 1.54) is 23.1 Å². The second kappa shape index (κ2) is 10.9. The van der Waals surface area contributed by atoms with E-state index in [1.54, 1.807) is 22.9 Å². The summed E-state index contributed by atoms with van der Waals surface area (Å²) in [5.74, 6) is -0.294. The minimum Gasteiger partial charge on any atom is -0.315 e. The largest absolute Gasteiger partial charge is 0.322 e. The molecule has 186 valence electrons. The normalized spacial score (nSPS) is 11.4. The van der Waals surface area contributed by atoms with Crippen LogP contribution in [0.2, 0.25) is 5.02 Å². The first-order chi connectivity index (χ1) is 16.4. The lowest BCUT2D eigenvalue weighted by Gasteiger charge is -2.24. The Bertz CT molecular complexity index is 1200. The van der Waals surface area contributed by atoms with Crippen molar-refractivity contribution in [2.24, 2.45) is 5.92 Å². The Balaban J connectivity index is 1.83. The van der Waals surface area contributed by atoms with E-state index in [2.05, 4.69) is 15.7 Å². The molecule has 0 saturated heterocycles. The molecular weight excluding hydrogens is 469 g/mol. The van der Waals surface area contributed by atoms with Crippen molar-refractivity contribution in [2.45, 2.75) is 40.0 Å². The summed E-state index contributed by atoms with van der Waals surface area (Å²) in [6.07, 6.45) is 0. The quantitative estimate of drug-likeness (QED) is 0.412. The molecule has 3 rings (SSSR count). The molecule has 2 N–H and O–H groups in total. The number of rotatable bonds is 7. The second-order valence-corrected chi connectivity index (χ2v) is 10.2. The number of carbonyl (C=O) groups excluding carboxylic acids is 2. The third-order valence-electron chi connectivity index (χ3n) is 5.11. The first-order valence-corrected chi connectivity index (χ1v) is 11.8. The van der Waals surface area contributed by atoms with Gasteiger partial charge in [0.25, 0.3) is 0 Å². The molecule has 0 fully saturated rings. The third kappa shape index (κ3) is 7.05. The number of hydrogen-bond donors (Lipinski definition) is 2. The fraction of sp³-hybridized carbons (Fsp3) is 0.346. The highest BCUT2D eigenvalue weighted by Crippen LogP contribution is 2.29. The van der Waals surface area contributed by atoms with Crippen molar-refractivity contribution >= 4 is 35.0 Å². The minimum atomic E-state index is -0.491. The van der Waals surface area contributed by atoms with Gasteiger partial charge in [-0.25, -0.2) is 13.9 Å². The molecule has 0 aliphatic carbocycles. The number of benzene rings is 2. The van der Waals surface area contributed by atoms with Gasteiger partial charge in [0.15, 0.2) is 0 Å². The number of amides is 3. The molecule has 0 unspecified atom stereocenters. The molecule has 0 aliphatic rings. The molecule has 2 aromatic carbocycles. The lowest BCUT2D eigenvalue weighted by Crippen LogP contribution is -2.42. The summed E-state index contributed by atoms with van der Waals surface area (Å²) < 4.78 is 15.1. The summed E-state index contributed by atoms with van der Waals surface area (Å²) >= 11 is 6.40. The summed E-state index contributed by atoms with van der Waals surface area (Å²) in [7, 11) is 0. The predicted octanol–water partition coefficient (Wildman–Crippen LogP) is 6.09.